The maximum Gasteiger partial charge on any atom is 0.255 e. The normalized spacial score (nSPS) is 13.4. The van der Waals surface area contributed by atoms with Crippen molar-refractivity contribution in [3.05, 3.63) is 90.0 Å². The maximum atomic E-state index is 12.8. The number of para-hydroxylation sites is 2. The number of hydrogen-bond acceptors (Lipinski definition) is 3. The number of nitrogens with one attached hydrogen (secondary N) is 1. The van der Waals surface area contributed by atoms with E-state index < -0.39 is 0 Å². The molecule has 0 radical (unpaired) electrons. The van der Waals surface area contributed by atoms with E-state index in [-0.39, 0.29) is 11.8 Å². The van der Waals surface area contributed by atoms with Gasteiger partial charge in [-0.2, -0.15) is 0 Å². The Labute approximate surface area is 169 Å². The molecule has 1 N–H and O–H groups in total. The monoisotopic (exact) mass is 386 g/mol. The number of benzene rings is 3. The molecule has 0 atom stereocenters. The van der Waals surface area contributed by atoms with Gasteiger partial charge < -0.3 is 15.0 Å². The van der Waals surface area contributed by atoms with Gasteiger partial charge >= 0.3 is 0 Å². The molecule has 0 spiro atoms. The molecule has 3 aromatic carbocycles. The van der Waals surface area contributed by atoms with E-state index in [1.165, 1.54) is 0 Å². The topological polar surface area (TPSA) is 58.6 Å². The van der Waals surface area contributed by atoms with E-state index >= 15 is 0 Å². The molecule has 5 heteroatoms. The molecule has 1 fully saturated rings. The summed E-state index contributed by atoms with van der Waals surface area (Å²) in [6.07, 6.45) is 1.38. The average molecular weight is 386 g/mol. The number of ether oxygens (including phenoxy) is 1. The summed E-state index contributed by atoms with van der Waals surface area (Å²) in [6.45, 7) is 1.11. The summed E-state index contributed by atoms with van der Waals surface area (Å²) in [5, 5.41) is 2.94. The van der Waals surface area contributed by atoms with Crippen LogP contribution in [0.15, 0.2) is 78.9 Å². The van der Waals surface area contributed by atoms with Crippen molar-refractivity contribution >= 4 is 23.2 Å². The van der Waals surface area contributed by atoms with Gasteiger partial charge in [-0.1, -0.05) is 48.5 Å². The molecule has 1 saturated heterocycles. The molecule has 3 aromatic rings. The van der Waals surface area contributed by atoms with Crippen LogP contribution < -0.4 is 15.0 Å². The van der Waals surface area contributed by atoms with Gasteiger partial charge in [0.05, 0.1) is 11.4 Å². The summed E-state index contributed by atoms with van der Waals surface area (Å²) >= 11 is 0. The van der Waals surface area contributed by atoms with Crippen molar-refractivity contribution in [3.63, 3.8) is 0 Å². The molecule has 5 nitrogen and oxygen atoms in total. The average Bonchev–Trinajstić information content (AvgIpc) is 3.19. The SMILES string of the molecule is O=C(Nc1ccccc1N1CCCC1=O)c1cccc(OCc2ccccc2)c1. The maximum absolute atomic E-state index is 12.8. The Morgan fingerprint density at radius 3 is 2.55 bits per heavy atom. The van der Waals surface area contributed by atoms with Crippen LogP contribution in [0.3, 0.4) is 0 Å². The van der Waals surface area contributed by atoms with Gasteiger partial charge in [0.2, 0.25) is 5.91 Å². The Kier molecular flexibility index (Phi) is 5.56. The third kappa shape index (κ3) is 4.46. The number of anilines is 2. The predicted molar refractivity (Wildman–Crippen MR) is 113 cm³/mol. The summed E-state index contributed by atoms with van der Waals surface area (Å²) in [5.74, 6) is 0.474. The van der Waals surface area contributed by atoms with Gasteiger partial charge in [0, 0.05) is 18.5 Å². The second kappa shape index (κ2) is 8.61. The second-order valence-electron chi connectivity index (χ2n) is 6.92. The van der Waals surface area contributed by atoms with Crippen LogP contribution in [0, 0.1) is 0 Å². The molecule has 29 heavy (non-hydrogen) atoms. The van der Waals surface area contributed by atoms with Crippen molar-refractivity contribution in [1.82, 2.24) is 0 Å². The van der Waals surface area contributed by atoms with Gasteiger partial charge in [0.15, 0.2) is 0 Å². The number of carbonyl (C=O) groups excluding carboxylic acids is 2. The van der Waals surface area contributed by atoms with E-state index in [0.29, 0.717) is 36.6 Å². The van der Waals surface area contributed by atoms with Crippen molar-refractivity contribution in [2.24, 2.45) is 0 Å². The van der Waals surface area contributed by atoms with Crippen molar-refractivity contribution < 1.29 is 14.3 Å². The molecule has 4 rings (SSSR count). The molecule has 0 aliphatic carbocycles. The fourth-order valence-corrected chi connectivity index (χ4v) is 3.38. The van der Waals surface area contributed by atoms with Gasteiger partial charge in [-0.25, -0.2) is 0 Å². The van der Waals surface area contributed by atoms with Crippen LogP contribution in [-0.2, 0) is 11.4 Å². The zero-order valence-corrected chi connectivity index (χ0v) is 16.0. The summed E-state index contributed by atoms with van der Waals surface area (Å²) in [4.78, 5) is 26.7. The molecule has 0 bridgehead atoms. The molecule has 2 amide bonds. The van der Waals surface area contributed by atoms with Crippen LogP contribution in [0.5, 0.6) is 5.75 Å². The van der Waals surface area contributed by atoms with E-state index in [9.17, 15) is 9.59 Å². The quantitative estimate of drug-likeness (QED) is 0.671. The molecular formula is C24H22N2O3. The minimum atomic E-state index is -0.241. The van der Waals surface area contributed by atoms with Crippen LogP contribution in [0.1, 0.15) is 28.8 Å². The Balaban J connectivity index is 1.47. The standard InChI is InChI=1S/C24H22N2O3/c27-23-14-7-15-26(23)22-13-5-4-12-21(22)25-24(28)19-10-6-11-20(16-19)29-17-18-8-2-1-3-9-18/h1-6,8-13,16H,7,14-15,17H2,(H,25,28). The Morgan fingerprint density at radius 1 is 0.966 bits per heavy atom. The molecule has 1 aliphatic rings. The Bertz CT molecular complexity index is 1020. The van der Waals surface area contributed by atoms with Crippen LogP contribution in [0.2, 0.25) is 0 Å². The highest BCUT2D eigenvalue weighted by Crippen LogP contribution is 2.30. The molecule has 0 aromatic heterocycles. The first-order chi connectivity index (χ1) is 14.2. The molecule has 0 saturated carbocycles. The molecular weight excluding hydrogens is 364 g/mol. The number of hydrogen-bond donors (Lipinski definition) is 1. The third-order valence-electron chi connectivity index (χ3n) is 4.86. The fourth-order valence-electron chi connectivity index (χ4n) is 3.38. The minimum Gasteiger partial charge on any atom is -0.489 e. The smallest absolute Gasteiger partial charge is 0.255 e. The summed E-state index contributed by atoms with van der Waals surface area (Å²) in [5.41, 5.74) is 2.92. The first kappa shape index (κ1) is 18.7. The van der Waals surface area contributed by atoms with Crippen LogP contribution >= 0.6 is 0 Å². The first-order valence-corrected chi connectivity index (χ1v) is 9.68. The minimum absolute atomic E-state index is 0.0861. The summed E-state index contributed by atoms with van der Waals surface area (Å²) < 4.78 is 5.82. The van der Waals surface area contributed by atoms with Gasteiger partial charge in [0.25, 0.3) is 5.91 Å². The van der Waals surface area contributed by atoms with Gasteiger partial charge in [-0.3, -0.25) is 9.59 Å². The lowest BCUT2D eigenvalue weighted by Gasteiger charge is -2.20. The number of nitrogens with zero attached hydrogens (tertiary/aromatic N) is 1. The molecule has 1 heterocycles. The number of rotatable bonds is 6. The molecule has 146 valence electrons. The lowest BCUT2D eigenvalue weighted by Crippen LogP contribution is -2.25. The summed E-state index contributed by atoms with van der Waals surface area (Å²) in [6, 6.07) is 24.4. The lowest BCUT2D eigenvalue weighted by atomic mass is 10.1. The zero-order chi connectivity index (χ0) is 20.1. The van der Waals surface area contributed by atoms with E-state index in [1.807, 2.05) is 60.7 Å². The van der Waals surface area contributed by atoms with Crippen molar-refractivity contribution in [1.29, 1.82) is 0 Å². The van der Waals surface area contributed by atoms with Crippen molar-refractivity contribution in [2.75, 3.05) is 16.8 Å². The molecule has 0 unspecified atom stereocenters. The van der Waals surface area contributed by atoms with E-state index in [4.69, 9.17) is 4.74 Å². The van der Waals surface area contributed by atoms with Crippen molar-refractivity contribution in [2.45, 2.75) is 19.4 Å². The second-order valence-corrected chi connectivity index (χ2v) is 6.92. The highest BCUT2D eigenvalue weighted by Gasteiger charge is 2.24. The van der Waals surface area contributed by atoms with Gasteiger partial charge in [-0.15, -0.1) is 0 Å². The molecule has 1 aliphatic heterocycles. The van der Waals surface area contributed by atoms with Crippen LogP contribution in [0.4, 0.5) is 11.4 Å². The first-order valence-electron chi connectivity index (χ1n) is 9.68. The van der Waals surface area contributed by atoms with Crippen molar-refractivity contribution in [3.8, 4) is 5.75 Å². The fraction of sp³-hybridized carbons (Fsp3) is 0.167. The van der Waals surface area contributed by atoms with Crippen LogP contribution in [0.25, 0.3) is 0 Å². The highest BCUT2D eigenvalue weighted by atomic mass is 16.5. The number of carbonyl (C=O) groups is 2. The largest absolute Gasteiger partial charge is 0.489 e. The number of amides is 2. The van der Waals surface area contributed by atoms with E-state index in [0.717, 1.165) is 17.7 Å². The highest BCUT2D eigenvalue weighted by molar-refractivity contribution is 6.08. The predicted octanol–water partition coefficient (Wildman–Crippen LogP) is 4.64. The Morgan fingerprint density at radius 2 is 1.76 bits per heavy atom. The zero-order valence-electron chi connectivity index (χ0n) is 16.0. The Hall–Kier alpha value is -3.60. The van der Waals surface area contributed by atoms with Gasteiger partial charge in [-0.05, 0) is 42.3 Å². The summed E-state index contributed by atoms with van der Waals surface area (Å²) in [7, 11) is 0. The van der Waals surface area contributed by atoms with E-state index in [1.54, 1.807) is 23.1 Å². The van der Waals surface area contributed by atoms with E-state index in [2.05, 4.69) is 5.32 Å². The van der Waals surface area contributed by atoms with Gasteiger partial charge in [0.1, 0.15) is 12.4 Å². The lowest BCUT2D eigenvalue weighted by molar-refractivity contribution is -0.117. The van der Waals surface area contributed by atoms with Crippen LogP contribution in [-0.4, -0.2) is 18.4 Å². The third-order valence-corrected chi connectivity index (χ3v) is 4.86.